The number of rotatable bonds is 2. The maximum atomic E-state index is 6.42. The van der Waals surface area contributed by atoms with Crippen LogP contribution in [0.4, 0.5) is 0 Å². The summed E-state index contributed by atoms with van der Waals surface area (Å²) in [4.78, 5) is 6.16. The molecule has 28 heavy (non-hydrogen) atoms. The van der Waals surface area contributed by atoms with Crippen molar-refractivity contribution in [1.29, 1.82) is 0 Å². The Morgan fingerprint density at radius 3 is 2.50 bits per heavy atom. The summed E-state index contributed by atoms with van der Waals surface area (Å²) in [6.45, 7) is 5.61. The summed E-state index contributed by atoms with van der Waals surface area (Å²) in [5.41, 5.74) is 3.58. The van der Waals surface area contributed by atoms with Gasteiger partial charge in [0.25, 0.3) is 0 Å². The van der Waals surface area contributed by atoms with Crippen LogP contribution in [0.5, 0.6) is 0 Å². The van der Waals surface area contributed by atoms with Crippen molar-refractivity contribution in [1.82, 2.24) is 24.2 Å². The highest BCUT2D eigenvalue weighted by Gasteiger charge is 2.31. The van der Waals surface area contributed by atoms with E-state index in [1.165, 1.54) is 39.7 Å². The van der Waals surface area contributed by atoms with Gasteiger partial charge >= 0.3 is 0 Å². The van der Waals surface area contributed by atoms with Gasteiger partial charge in [-0.25, -0.2) is 9.40 Å². The van der Waals surface area contributed by atoms with Gasteiger partial charge in [-0.15, -0.1) is 21.5 Å². The summed E-state index contributed by atoms with van der Waals surface area (Å²) in [6.07, 6.45) is 4.60. The number of nitrogens with zero attached hydrogens (tertiary/aromatic N) is 5. The number of fused-ring (bicyclic) bond motifs is 3. The van der Waals surface area contributed by atoms with Crippen molar-refractivity contribution in [2.24, 2.45) is 0 Å². The van der Waals surface area contributed by atoms with E-state index in [9.17, 15) is 0 Å². The number of hydrogen-bond donors (Lipinski definition) is 0. The fourth-order valence-corrected chi connectivity index (χ4v) is 5.81. The van der Waals surface area contributed by atoms with E-state index in [-0.39, 0.29) is 0 Å². The molecule has 1 fully saturated rings. The van der Waals surface area contributed by atoms with E-state index < -0.39 is 0 Å². The smallest absolute Gasteiger partial charge is 0.153 e. The van der Waals surface area contributed by atoms with Crippen LogP contribution in [0.15, 0.2) is 24.3 Å². The molecule has 3 aromatic rings. The third kappa shape index (κ3) is 3.17. The average Bonchev–Trinajstić information content (AvgIpc) is 3.21. The maximum absolute atomic E-state index is 6.42. The summed E-state index contributed by atoms with van der Waals surface area (Å²) in [5, 5.41) is 10.5. The molecule has 1 aromatic carbocycles. The lowest BCUT2D eigenvalue weighted by atomic mass is 9.82. The molecule has 0 atom stereocenters. The highest BCUT2D eigenvalue weighted by atomic mass is 35.5. The molecule has 0 bridgehead atoms. The van der Waals surface area contributed by atoms with Crippen LogP contribution in [0, 0.1) is 13.8 Å². The Morgan fingerprint density at radius 2 is 1.75 bits per heavy atom. The molecule has 0 saturated heterocycles. The highest BCUT2D eigenvalue weighted by Crippen LogP contribution is 2.42. The standard InChI is InChI=1S/C21H24ClN5S/c1-13-14(2)28-21(23-13)16-9-7-15(8-10-16)20-25-24-19-12-26(22)11-17-5-3-4-6-18(17)27(19)20/h3-6,15-16H,7-12H2,1-2H3. The van der Waals surface area contributed by atoms with E-state index in [1.807, 2.05) is 11.3 Å². The first-order valence-electron chi connectivity index (χ1n) is 9.97. The number of halogens is 1. The van der Waals surface area contributed by atoms with Crippen LogP contribution in [-0.2, 0) is 13.1 Å². The second-order valence-electron chi connectivity index (χ2n) is 7.96. The number of thiazole rings is 1. The Kier molecular flexibility index (Phi) is 4.73. The molecule has 3 heterocycles. The number of para-hydroxylation sites is 1. The van der Waals surface area contributed by atoms with Crippen molar-refractivity contribution >= 4 is 23.1 Å². The van der Waals surface area contributed by atoms with Crippen LogP contribution in [0.1, 0.15) is 70.3 Å². The van der Waals surface area contributed by atoms with Crippen LogP contribution < -0.4 is 0 Å². The lowest BCUT2D eigenvalue weighted by Gasteiger charge is -2.27. The molecule has 7 heteroatoms. The number of hydrogen-bond acceptors (Lipinski definition) is 5. The largest absolute Gasteiger partial charge is 0.281 e. The molecule has 0 radical (unpaired) electrons. The zero-order chi connectivity index (χ0) is 19.3. The van der Waals surface area contributed by atoms with Crippen LogP contribution in [0.2, 0.25) is 0 Å². The Morgan fingerprint density at radius 1 is 1.00 bits per heavy atom. The van der Waals surface area contributed by atoms with Gasteiger partial charge < -0.3 is 0 Å². The number of aryl methyl sites for hydroxylation is 2. The van der Waals surface area contributed by atoms with Crippen molar-refractivity contribution in [2.75, 3.05) is 0 Å². The van der Waals surface area contributed by atoms with Crippen LogP contribution in [-0.4, -0.2) is 24.2 Å². The highest BCUT2D eigenvalue weighted by molar-refractivity contribution is 7.11. The third-order valence-electron chi connectivity index (χ3n) is 6.13. The quantitative estimate of drug-likeness (QED) is 0.538. The summed E-state index contributed by atoms with van der Waals surface area (Å²) in [5.74, 6) is 3.06. The van der Waals surface area contributed by atoms with Gasteiger partial charge in [0.05, 0.1) is 22.9 Å². The van der Waals surface area contributed by atoms with Crippen molar-refractivity contribution < 1.29 is 0 Å². The second kappa shape index (κ2) is 7.25. The molecule has 5 rings (SSSR count). The molecule has 0 N–H and O–H groups in total. The van der Waals surface area contributed by atoms with E-state index in [0.29, 0.717) is 18.4 Å². The Bertz CT molecular complexity index is 983. The average molecular weight is 414 g/mol. The van der Waals surface area contributed by atoms with Gasteiger partial charge in [-0.05, 0) is 62.9 Å². The molecule has 1 saturated carbocycles. The van der Waals surface area contributed by atoms with Gasteiger partial charge in [-0.1, -0.05) is 18.2 Å². The monoisotopic (exact) mass is 413 g/mol. The summed E-state index contributed by atoms with van der Waals surface area (Å²) in [6, 6.07) is 8.46. The normalized spacial score (nSPS) is 22.5. The van der Waals surface area contributed by atoms with Crippen molar-refractivity contribution in [3.05, 3.63) is 57.1 Å². The molecule has 0 amide bonds. The summed E-state index contributed by atoms with van der Waals surface area (Å²) in [7, 11) is 0. The van der Waals surface area contributed by atoms with E-state index in [2.05, 4.69) is 52.9 Å². The molecule has 2 aromatic heterocycles. The van der Waals surface area contributed by atoms with E-state index in [0.717, 1.165) is 31.0 Å². The molecule has 1 aliphatic carbocycles. The van der Waals surface area contributed by atoms with Crippen molar-refractivity contribution in [2.45, 2.75) is 64.5 Å². The molecule has 2 aliphatic rings. The second-order valence-corrected chi connectivity index (χ2v) is 9.67. The predicted octanol–water partition coefficient (Wildman–Crippen LogP) is 5.25. The zero-order valence-electron chi connectivity index (χ0n) is 16.2. The van der Waals surface area contributed by atoms with Crippen LogP contribution >= 0.6 is 23.1 Å². The summed E-state index contributed by atoms with van der Waals surface area (Å²) < 4.78 is 4.06. The van der Waals surface area contributed by atoms with Gasteiger partial charge in [-0.2, -0.15) is 0 Å². The third-order valence-corrected chi connectivity index (χ3v) is 7.60. The number of aromatic nitrogens is 4. The number of benzene rings is 1. The lowest BCUT2D eigenvalue weighted by Crippen LogP contribution is -2.16. The molecular weight excluding hydrogens is 390 g/mol. The van der Waals surface area contributed by atoms with E-state index >= 15 is 0 Å². The van der Waals surface area contributed by atoms with Gasteiger partial charge in [0, 0.05) is 23.3 Å². The van der Waals surface area contributed by atoms with Crippen LogP contribution in [0.3, 0.4) is 0 Å². The lowest BCUT2D eigenvalue weighted by molar-refractivity contribution is 0.381. The Labute approximate surface area is 174 Å². The predicted molar refractivity (Wildman–Crippen MR) is 112 cm³/mol. The fraction of sp³-hybridized carbons (Fsp3) is 0.476. The Balaban J connectivity index is 1.43. The van der Waals surface area contributed by atoms with Crippen LogP contribution in [0.25, 0.3) is 5.69 Å². The van der Waals surface area contributed by atoms with E-state index in [4.69, 9.17) is 16.8 Å². The first kappa shape index (κ1) is 18.3. The molecular formula is C21H24ClN5S. The van der Waals surface area contributed by atoms with Gasteiger partial charge in [0.1, 0.15) is 5.82 Å². The minimum Gasteiger partial charge on any atom is -0.281 e. The SMILES string of the molecule is Cc1nc(C2CCC(c3nnc4n3-c3ccccc3CN(Cl)C4)CC2)sc1C. The Hall–Kier alpha value is -1.76. The molecule has 5 nitrogen and oxygen atoms in total. The molecule has 0 unspecified atom stereocenters. The molecule has 1 aliphatic heterocycles. The molecule has 146 valence electrons. The maximum Gasteiger partial charge on any atom is 0.153 e. The van der Waals surface area contributed by atoms with Gasteiger partial charge in [0.15, 0.2) is 5.82 Å². The minimum atomic E-state index is 0.439. The zero-order valence-corrected chi connectivity index (χ0v) is 17.8. The fourth-order valence-electron chi connectivity index (χ4n) is 4.49. The molecule has 0 spiro atoms. The van der Waals surface area contributed by atoms with Crippen molar-refractivity contribution in [3.8, 4) is 5.69 Å². The van der Waals surface area contributed by atoms with Crippen molar-refractivity contribution in [3.63, 3.8) is 0 Å². The topological polar surface area (TPSA) is 46.8 Å². The first-order valence-corrected chi connectivity index (χ1v) is 11.1. The first-order chi connectivity index (χ1) is 13.6. The van der Waals surface area contributed by atoms with E-state index in [1.54, 1.807) is 4.42 Å². The van der Waals surface area contributed by atoms with Gasteiger partial charge in [-0.3, -0.25) is 4.57 Å². The van der Waals surface area contributed by atoms with Gasteiger partial charge in [0.2, 0.25) is 0 Å². The minimum absolute atomic E-state index is 0.439. The summed E-state index contributed by atoms with van der Waals surface area (Å²) >= 11 is 8.29.